The topological polar surface area (TPSA) is 85.3 Å². The van der Waals surface area contributed by atoms with Crippen LogP contribution >= 0.6 is 23.2 Å². The van der Waals surface area contributed by atoms with Crippen LogP contribution in [0.2, 0.25) is 10.0 Å². The lowest BCUT2D eigenvalue weighted by Crippen LogP contribution is -2.31. The number of nitrogens with zero attached hydrogens (tertiary/aromatic N) is 1. The monoisotopic (exact) mass is 555 g/mol. The number of ketones is 1. The standard InChI is InChI=1S/C29H27Cl2NO6/c1-16-6-5-7-18(12-16)25-24(26(33)19-14-20(30)28(38-4)21(31)15-19)27(34)29(35)32(25)11-10-17-8-9-22(36-2)23(13-17)37-3/h5-9,12-15,25,33H,10-11H2,1-4H3/b26-24+. The van der Waals surface area contributed by atoms with E-state index in [1.807, 2.05) is 43.3 Å². The van der Waals surface area contributed by atoms with Gasteiger partial charge in [-0.3, -0.25) is 9.59 Å². The average molecular weight is 556 g/mol. The number of hydrogen-bond donors (Lipinski definition) is 1. The van der Waals surface area contributed by atoms with Crippen molar-refractivity contribution in [1.82, 2.24) is 4.90 Å². The van der Waals surface area contributed by atoms with Crippen LogP contribution < -0.4 is 14.2 Å². The third-order valence-electron chi connectivity index (χ3n) is 6.46. The number of ether oxygens (including phenoxy) is 3. The molecule has 38 heavy (non-hydrogen) atoms. The number of hydrogen-bond acceptors (Lipinski definition) is 6. The number of aryl methyl sites for hydroxylation is 1. The van der Waals surface area contributed by atoms with Crippen molar-refractivity contribution < 1.29 is 28.9 Å². The molecule has 1 fully saturated rings. The van der Waals surface area contributed by atoms with E-state index in [-0.39, 0.29) is 39.2 Å². The number of amides is 1. The summed E-state index contributed by atoms with van der Waals surface area (Å²) in [5, 5.41) is 11.7. The minimum Gasteiger partial charge on any atom is -0.507 e. The van der Waals surface area contributed by atoms with Crippen LogP contribution in [0.1, 0.15) is 28.3 Å². The highest BCUT2D eigenvalue weighted by atomic mass is 35.5. The normalized spacial score (nSPS) is 16.6. The summed E-state index contributed by atoms with van der Waals surface area (Å²) in [6.45, 7) is 2.14. The molecule has 198 valence electrons. The molecule has 4 rings (SSSR count). The van der Waals surface area contributed by atoms with Gasteiger partial charge in [0.05, 0.1) is 43.0 Å². The molecule has 1 N–H and O–H groups in total. The Morgan fingerprint density at radius 3 is 2.21 bits per heavy atom. The predicted octanol–water partition coefficient (Wildman–Crippen LogP) is 5.99. The lowest BCUT2D eigenvalue weighted by Gasteiger charge is -2.26. The fourth-order valence-electron chi connectivity index (χ4n) is 4.63. The average Bonchev–Trinajstić information content (AvgIpc) is 3.16. The molecule has 0 aliphatic carbocycles. The van der Waals surface area contributed by atoms with E-state index < -0.39 is 17.7 Å². The molecular weight excluding hydrogens is 529 g/mol. The fraction of sp³-hybridized carbons (Fsp3) is 0.241. The molecule has 1 saturated heterocycles. The van der Waals surface area contributed by atoms with Crippen LogP contribution in [0.5, 0.6) is 17.2 Å². The zero-order valence-electron chi connectivity index (χ0n) is 21.4. The first-order chi connectivity index (χ1) is 18.2. The fourth-order valence-corrected chi connectivity index (χ4v) is 5.27. The minimum absolute atomic E-state index is 0.0368. The predicted molar refractivity (Wildman–Crippen MR) is 146 cm³/mol. The van der Waals surface area contributed by atoms with Gasteiger partial charge in [-0.25, -0.2) is 0 Å². The molecule has 0 spiro atoms. The van der Waals surface area contributed by atoms with Crippen LogP contribution in [0.3, 0.4) is 0 Å². The number of aliphatic hydroxyl groups excluding tert-OH is 1. The van der Waals surface area contributed by atoms with Crippen LogP contribution in [0.4, 0.5) is 0 Å². The second-order valence-corrected chi connectivity index (χ2v) is 9.63. The molecule has 3 aromatic rings. The van der Waals surface area contributed by atoms with Gasteiger partial charge in [-0.1, -0.05) is 59.1 Å². The van der Waals surface area contributed by atoms with Gasteiger partial charge in [-0.2, -0.15) is 0 Å². The zero-order valence-corrected chi connectivity index (χ0v) is 22.9. The maximum atomic E-state index is 13.4. The number of halogens is 2. The highest BCUT2D eigenvalue weighted by Gasteiger charge is 2.46. The summed E-state index contributed by atoms with van der Waals surface area (Å²) < 4.78 is 15.9. The molecule has 0 saturated carbocycles. The molecule has 0 bridgehead atoms. The molecule has 3 aromatic carbocycles. The van der Waals surface area contributed by atoms with Crippen molar-refractivity contribution in [2.45, 2.75) is 19.4 Å². The molecular formula is C29H27Cl2NO6. The van der Waals surface area contributed by atoms with Gasteiger partial charge in [0.25, 0.3) is 11.7 Å². The molecule has 1 aliphatic rings. The second-order valence-electron chi connectivity index (χ2n) is 8.82. The van der Waals surface area contributed by atoms with E-state index in [0.717, 1.165) is 11.1 Å². The van der Waals surface area contributed by atoms with E-state index in [4.69, 9.17) is 37.4 Å². The van der Waals surface area contributed by atoms with Gasteiger partial charge in [-0.15, -0.1) is 0 Å². The van der Waals surface area contributed by atoms with E-state index in [9.17, 15) is 14.7 Å². The lowest BCUT2D eigenvalue weighted by atomic mass is 9.94. The Labute approximate surface area is 231 Å². The molecule has 1 heterocycles. The Balaban J connectivity index is 1.78. The molecule has 9 heteroatoms. The molecule has 1 aliphatic heterocycles. The highest BCUT2D eigenvalue weighted by molar-refractivity contribution is 6.46. The van der Waals surface area contributed by atoms with Crippen molar-refractivity contribution in [3.05, 3.63) is 92.5 Å². The molecule has 1 unspecified atom stereocenters. The van der Waals surface area contributed by atoms with Crippen molar-refractivity contribution in [2.75, 3.05) is 27.9 Å². The van der Waals surface area contributed by atoms with Gasteiger partial charge in [0, 0.05) is 12.1 Å². The maximum Gasteiger partial charge on any atom is 0.295 e. The van der Waals surface area contributed by atoms with Crippen molar-refractivity contribution in [3.63, 3.8) is 0 Å². The minimum atomic E-state index is -0.810. The molecule has 1 atom stereocenters. The van der Waals surface area contributed by atoms with Crippen LogP contribution in [0.15, 0.2) is 60.2 Å². The summed E-state index contributed by atoms with van der Waals surface area (Å²) in [4.78, 5) is 28.1. The number of methoxy groups -OCH3 is 3. The molecule has 7 nitrogen and oxygen atoms in total. The number of Topliss-reactive ketones (excluding diaryl/α,β-unsaturated/α-hetero) is 1. The quantitative estimate of drug-likeness (QED) is 0.208. The molecule has 0 radical (unpaired) electrons. The van der Waals surface area contributed by atoms with E-state index >= 15 is 0 Å². The van der Waals surface area contributed by atoms with Gasteiger partial charge in [-0.05, 0) is 48.7 Å². The maximum absolute atomic E-state index is 13.4. The van der Waals surface area contributed by atoms with Crippen LogP contribution in [-0.2, 0) is 16.0 Å². The van der Waals surface area contributed by atoms with Crippen molar-refractivity contribution in [3.8, 4) is 17.2 Å². The van der Waals surface area contributed by atoms with Gasteiger partial charge in [0.2, 0.25) is 0 Å². The first kappa shape index (κ1) is 27.4. The van der Waals surface area contributed by atoms with Crippen LogP contribution in [-0.4, -0.2) is 49.6 Å². The van der Waals surface area contributed by atoms with E-state index in [1.54, 1.807) is 20.3 Å². The number of rotatable bonds is 8. The first-order valence-corrected chi connectivity index (χ1v) is 12.5. The summed E-state index contributed by atoms with van der Waals surface area (Å²) in [5.74, 6) is -0.456. The van der Waals surface area contributed by atoms with E-state index in [0.29, 0.717) is 23.5 Å². The Kier molecular flexibility index (Phi) is 8.19. The van der Waals surface area contributed by atoms with Crippen molar-refractivity contribution in [1.29, 1.82) is 0 Å². The van der Waals surface area contributed by atoms with Crippen molar-refractivity contribution in [2.24, 2.45) is 0 Å². The largest absolute Gasteiger partial charge is 0.507 e. The van der Waals surface area contributed by atoms with Gasteiger partial charge in [0.15, 0.2) is 17.2 Å². The Morgan fingerprint density at radius 1 is 0.921 bits per heavy atom. The first-order valence-electron chi connectivity index (χ1n) is 11.8. The number of likely N-dealkylation sites (tertiary alicyclic amines) is 1. The van der Waals surface area contributed by atoms with E-state index in [2.05, 4.69) is 0 Å². The van der Waals surface area contributed by atoms with Crippen LogP contribution in [0, 0.1) is 6.92 Å². The number of aliphatic hydroxyl groups is 1. The summed E-state index contributed by atoms with van der Waals surface area (Å²) in [5.41, 5.74) is 2.70. The van der Waals surface area contributed by atoms with Gasteiger partial charge < -0.3 is 24.2 Å². The molecule has 0 aromatic heterocycles. The Bertz CT molecular complexity index is 1410. The summed E-state index contributed by atoms with van der Waals surface area (Å²) in [7, 11) is 4.53. The Hall–Kier alpha value is -3.68. The number of carbonyl (C=O) groups is 2. The third kappa shape index (κ3) is 5.17. The highest BCUT2D eigenvalue weighted by Crippen LogP contribution is 2.42. The zero-order chi connectivity index (χ0) is 27.6. The number of benzene rings is 3. The third-order valence-corrected chi connectivity index (χ3v) is 7.02. The SMILES string of the molecule is COc1ccc(CCN2C(=O)C(=O)/C(=C(/O)c3cc(Cl)c(OC)c(Cl)c3)C2c2cccc(C)c2)cc1OC. The second kappa shape index (κ2) is 11.4. The summed E-state index contributed by atoms with van der Waals surface area (Å²) in [6.07, 6.45) is 0.440. The summed E-state index contributed by atoms with van der Waals surface area (Å²) >= 11 is 12.6. The summed E-state index contributed by atoms with van der Waals surface area (Å²) in [6, 6.07) is 15.1. The van der Waals surface area contributed by atoms with Gasteiger partial charge >= 0.3 is 0 Å². The van der Waals surface area contributed by atoms with E-state index in [1.165, 1.54) is 24.1 Å². The lowest BCUT2D eigenvalue weighted by molar-refractivity contribution is -0.139. The smallest absolute Gasteiger partial charge is 0.295 e. The Morgan fingerprint density at radius 2 is 1.61 bits per heavy atom. The van der Waals surface area contributed by atoms with Gasteiger partial charge in [0.1, 0.15) is 5.76 Å². The van der Waals surface area contributed by atoms with Crippen LogP contribution in [0.25, 0.3) is 5.76 Å². The van der Waals surface area contributed by atoms with Crippen molar-refractivity contribution >= 4 is 40.7 Å². The number of carbonyl (C=O) groups excluding carboxylic acids is 2. The molecule has 1 amide bonds.